The highest BCUT2D eigenvalue weighted by Gasteiger charge is 2.27. The third-order valence-electron chi connectivity index (χ3n) is 8.36. The molecule has 2 N–H and O–H groups in total. The maximum absolute atomic E-state index is 12.7. The normalized spacial score (nSPS) is 22.2. The molecule has 2 aliphatic rings. The minimum absolute atomic E-state index is 0.0329. The van der Waals surface area contributed by atoms with E-state index < -0.39 is 11.9 Å². The number of hydrogen-bond donors (Lipinski definition) is 2. The number of methoxy groups -OCH3 is 2. The first-order valence-corrected chi connectivity index (χ1v) is 16.8. The van der Waals surface area contributed by atoms with Crippen molar-refractivity contribution >= 4 is 23.4 Å². The largest absolute Gasteiger partial charge is 0.512 e. The fourth-order valence-corrected chi connectivity index (χ4v) is 6.30. The molecule has 0 saturated heterocycles. The van der Waals surface area contributed by atoms with Crippen molar-refractivity contribution in [3.05, 3.63) is 46.0 Å². The molecule has 0 fully saturated rings. The molecule has 2 aliphatic carbocycles. The Hall–Kier alpha value is -3.24. The van der Waals surface area contributed by atoms with Crippen LogP contribution in [0.25, 0.3) is 0 Å². The van der Waals surface area contributed by atoms with E-state index >= 15 is 0 Å². The highest BCUT2D eigenvalue weighted by molar-refractivity contribution is 6.02. The Balaban J connectivity index is 2.06. The van der Waals surface area contributed by atoms with Gasteiger partial charge in [-0.25, -0.2) is 9.59 Å². The second-order valence-corrected chi connectivity index (χ2v) is 14.0. The first-order chi connectivity index (χ1) is 22.2. The van der Waals surface area contributed by atoms with Crippen molar-refractivity contribution in [3.63, 3.8) is 0 Å². The van der Waals surface area contributed by atoms with Crippen molar-refractivity contribution < 1.29 is 38.7 Å². The van der Waals surface area contributed by atoms with E-state index in [2.05, 4.69) is 34.6 Å². The topological polar surface area (TPSA) is 136 Å². The number of nitrogens with zero attached hydrogens (tertiary/aromatic N) is 2. The van der Waals surface area contributed by atoms with Crippen molar-refractivity contribution in [2.24, 2.45) is 33.2 Å². The average molecular weight is 659 g/mol. The maximum Gasteiger partial charge on any atom is 0.341 e. The molecule has 0 bridgehead atoms. The van der Waals surface area contributed by atoms with Gasteiger partial charge in [0, 0.05) is 38.7 Å². The highest BCUT2D eigenvalue weighted by Crippen LogP contribution is 2.33. The molecule has 0 amide bonds. The molecule has 2 rings (SSSR count). The van der Waals surface area contributed by atoms with Crippen molar-refractivity contribution in [3.8, 4) is 0 Å². The van der Waals surface area contributed by atoms with Crippen molar-refractivity contribution in [2.45, 2.75) is 87.0 Å². The molecule has 0 aliphatic heterocycles. The van der Waals surface area contributed by atoms with E-state index in [1.54, 1.807) is 14.2 Å². The molecule has 264 valence electrons. The summed E-state index contributed by atoms with van der Waals surface area (Å²) in [7, 11) is 3.08. The molecule has 10 heteroatoms. The van der Waals surface area contributed by atoms with Crippen LogP contribution in [-0.2, 0) is 28.5 Å². The van der Waals surface area contributed by atoms with Crippen LogP contribution in [-0.4, -0.2) is 87.3 Å². The molecule has 0 saturated carbocycles. The van der Waals surface area contributed by atoms with Gasteiger partial charge in [-0.1, -0.05) is 34.6 Å². The maximum atomic E-state index is 12.7. The lowest BCUT2D eigenvalue weighted by atomic mass is 9.80. The van der Waals surface area contributed by atoms with Crippen LogP contribution in [0.5, 0.6) is 0 Å². The minimum atomic E-state index is -0.546. The van der Waals surface area contributed by atoms with Crippen molar-refractivity contribution in [1.82, 2.24) is 0 Å². The Labute approximate surface area is 281 Å². The van der Waals surface area contributed by atoms with Gasteiger partial charge in [-0.15, -0.1) is 0 Å². The fourth-order valence-electron chi connectivity index (χ4n) is 6.30. The number of aliphatic hydroxyl groups is 2. The number of esters is 2. The molecule has 0 spiro atoms. The van der Waals surface area contributed by atoms with Crippen molar-refractivity contribution in [1.29, 1.82) is 0 Å². The second-order valence-electron chi connectivity index (χ2n) is 14.0. The van der Waals surface area contributed by atoms with E-state index in [1.807, 2.05) is 12.2 Å². The first-order valence-electron chi connectivity index (χ1n) is 16.8. The molecular weight excluding hydrogens is 600 g/mol. The Kier molecular flexibility index (Phi) is 16.6. The zero-order valence-electron chi connectivity index (χ0n) is 30.1. The molecule has 10 nitrogen and oxygen atoms in total. The van der Waals surface area contributed by atoms with Gasteiger partial charge in [-0.05, 0) is 98.8 Å². The van der Waals surface area contributed by atoms with E-state index in [0.29, 0.717) is 45.1 Å². The Bertz CT molecular complexity index is 1260. The standard InChI is InChI=1S/C37H58N2O8/c1-24-16-29(33(27(4)40)35(42)46-14-12-44-8)20-31(18-24)38-11-10-37(6,7)22-26(3)23-39-32-19-25(2)17-30(21-32)34(28(5)41)36(43)47-15-13-45-9/h20-21,24-26,40-41H,10-19,22-23H2,1-9H3/b33-27+,34-28+,38-31?,39-32?. The van der Waals surface area contributed by atoms with Gasteiger partial charge in [0.15, 0.2) is 0 Å². The van der Waals surface area contributed by atoms with Gasteiger partial charge in [0.2, 0.25) is 0 Å². The number of ether oxygens (including phenoxy) is 4. The number of aliphatic imine (C=N–C) groups is 2. The Morgan fingerprint density at radius 1 is 0.809 bits per heavy atom. The van der Waals surface area contributed by atoms with Crippen LogP contribution in [0, 0.1) is 23.2 Å². The molecule has 0 aromatic rings. The van der Waals surface area contributed by atoms with E-state index in [0.717, 1.165) is 48.3 Å². The van der Waals surface area contributed by atoms with Gasteiger partial charge >= 0.3 is 11.9 Å². The summed E-state index contributed by atoms with van der Waals surface area (Å²) >= 11 is 0. The third-order valence-corrected chi connectivity index (χ3v) is 8.36. The van der Waals surface area contributed by atoms with E-state index in [9.17, 15) is 19.8 Å². The molecule has 0 aromatic carbocycles. The number of carbonyl (C=O) groups excluding carboxylic acids is 2. The summed E-state index contributed by atoms with van der Waals surface area (Å²) in [5.41, 5.74) is 3.83. The molecule has 0 aromatic heterocycles. The summed E-state index contributed by atoms with van der Waals surface area (Å²) in [4.78, 5) is 35.3. The van der Waals surface area contributed by atoms with Crippen LogP contribution < -0.4 is 0 Å². The Morgan fingerprint density at radius 3 is 1.68 bits per heavy atom. The summed E-state index contributed by atoms with van der Waals surface area (Å²) in [5.74, 6) is -0.299. The second kappa shape index (κ2) is 19.5. The summed E-state index contributed by atoms with van der Waals surface area (Å²) in [6.45, 7) is 16.1. The van der Waals surface area contributed by atoms with Gasteiger partial charge in [-0.3, -0.25) is 9.98 Å². The smallest absolute Gasteiger partial charge is 0.341 e. The Morgan fingerprint density at radius 2 is 1.26 bits per heavy atom. The van der Waals surface area contributed by atoms with E-state index in [4.69, 9.17) is 28.9 Å². The molecule has 0 radical (unpaired) electrons. The van der Waals surface area contributed by atoms with Gasteiger partial charge < -0.3 is 29.2 Å². The summed E-state index contributed by atoms with van der Waals surface area (Å²) < 4.78 is 20.5. The summed E-state index contributed by atoms with van der Waals surface area (Å²) in [5, 5.41) is 20.6. The summed E-state index contributed by atoms with van der Waals surface area (Å²) in [6, 6.07) is 0. The van der Waals surface area contributed by atoms with Crippen molar-refractivity contribution in [2.75, 3.05) is 53.7 Å². The van der Waals surface area contributed by atoms with Crippen LogP contribution in [0.1, 0.15) is 87.0 Å². The zero-order valence-corrected chi connectivity index (χ0v) is 30.1. The van der Waals surface area contributed by atoms with Gasteiger partial charge in [0.25, 0.3) is 0 Å². The predicted octanol–water partition coefficient (Wildman–Crippen LogP) is 7.07. The van der Waals surface area contributed by atoms with Crippen LogP contribution in [0.4, 0.5) is 0 Å². The number of allylic oxidation sites excluding steroid dienone is 4. The van der Waals surface area contributed by atoms with Crippen LogP contribution in [0.2, 0.25) is 0 Å². The lowest BCUT2D eigenvalue weighted by Gasteiger charge is -2.28. The zero-order chi connectivity index (χ0) is 35.1. The van der Waals surface area contributed by atoms with Gasteiger partial charge in [-0.2, -0.15) is 0 Å². The molecule has 0 heterocycles. The van der Waals surface area contributed by atoms with E-state index in [1.165, 1.54) is 13.8 Å². The van der Waals surface area contributed by atoms with Gasteiger partial charge in [0.05, 0.1) is 24.4 Å². The minimum Gasteiger partial charge on any atom is -0.512 e. The lowest BCUT2D eigenvalue weighted by molar-refractivity contribution is -0.141. The lowest BCUT2D eigenvalue weighted by Crippen LogP contribution is -2.22. The first kappa shape index (κ1) is 39.9. The number of rotatable bonds is 17. The number of hydrogen-bond acceptors (Lipinski definition) is 10. The summed E-state index contributed by atoms with van der Waals surface area (Å²) in [6.07, 6.45) is 8.71. The number of aliphatic hydroxyl groups excluding tert-OH is 2. The monoisotopic (exact) mass is 658 g/mol. The fraction of sp³-hybridized carbons (Fsp3) is 0.676. The third kappa shape index (κ3) is 13.8. The van der Waals surface area contributed by atoms with Crippen LogP contribution in [0.3, 0.4) is 0 Å². The SMILES string of the molecule is COCCOC(=O)/C(C1=CC(=NCCC(C)(C)CC(C)CN=C2C=C(/C(C(=O)OCCOC)=C(/C)O)CC(C)C2)CC(C)C1)=C(\C)O. The predicted molar refractivity (Wildman–Crippen MR) is 186 cm³/mol. The molecular formula is C37H58N2O8. The molecule has 3 unspecified atom stereocenters. The highest BCUT2D eigenvalue weighted by atomic mass is 16.6. The average Bonchev–Trinajstić information content (AvgIpc) is 2.95. The molecule has 3 atom stereocenters. The quantitative estimate of drug-likeness (QED) is 0.0733. The molecule has 47 heavy (non-hydrogen) atoms. The van der Waals surface area contributed by atoms with E-state index in [-0.39, 0.29) is 53.1 Å². The number of carbonyl (C=O) groups is 2. The van der Waals surface area contributed by atoms with Crippen LogP contribution >= 0.6 is 0 Å². The van der Waals surface area contributed by atoms with Crippen LogP contribution in [0.15, 0.2) is 55.9 Å². The van der Waals surface area contributed by atoms with Gasteiger partial charge in [0.1, 0.15) is 24.7 Å².